The molecule has 0 spiro atoms. The third kappa shape index (κ3) is 8.18. The summed E-state index contributed by atoms with van der Waals surface area (Å²) in [7, 11) is 0. The molecular formula is C40H41N3O6. The average Bonchev–Trinajstić information content (AvgIpc) is 3.60. The molecule has 1 unspecified atom stereocenters. The van der Waals surface area contributed by atoms with Gasteiger partial charge in [-0.15, -0.1) is 0 Å². The number of piperazine rings is 1. The fraction of sp³-hybridized carbons (Fsp3) is 0.275. The van der Waals surface area contributed by atoms with Crippen molar-refractivity contribution in [3.8, 4) is 11.5 Å². The van der Waals surface area contributed by atoms with E-state index in [2.05, 4.69) is 29.2 Å². The van der Waals surface area contributed by atoms with Crippen LogP contribution in [0.25, 0.3) is 6.08 Å². The summed E-state index contributed by atoms with van der Waals surface area (Å²) in [6.07, 6.45) is 4.33. The van der Waals surface area contributed by atoms with Crippen molar-refractivity contribution in [2.45, 2.75) is 32.7 Å². The Hall–Kier alpha value is -5.41. The van der Waals surface area contributed by atoms with Crippen LogP contribution in [0.2, 0.25) is 0 Å². The van der Waals surface area contributed by atoms with Crippen LogP contribution in [-0.4, -0.2) is 71.8 Å². The molecule has 0 saturated carbocycles. The number of carbonyl (C=O) groups is 3. The molecule has 49 heavy (non-hydrogen) atoms. The first-order valence-corrected chi connectivity index (χ1v) is 16.7. The molecule has 1 saturated heterocycles. The van der Waals surface area contributed by atoms with Gasteiger partial charge in [-0.2, -0.15) is 0 Å². The first kappa shape index (κ1) is 33.5. The van der Waals surface area contributed by atoms with Crippen LogP contribution in [0.1, 0.15) is 53.6 Å². The molecule has 0 bridgehead atoms. The molecule has 2 amide bonds. The van der Waals surface area contributed by atoms with Crippen molar-refractivity contribution < 1.29 is 28.3 Å². The molecule has 1 atom stereocenters. The van der Waals surface area contributed by atoms with Gasteiger partial charge >= 0.3 is 5.97 Å². The van der Waals surface area contributed by atoms with Gasteiger partial charge in [0.05, 0.1) is 18.7 Å². The zero-order valence-corrected chi connectivity index (χ0v) is 27.9. The van der Waals surface area contributed by atoms with Crippen LogP contribution >= 0.6 is 0 Å². The van der Waals surface area contributed by atoms with Gasteiger partial charge in [0.2, 0.25) is 5.91 Å². The number of rotatable bonds is 11. The summed E-state index contributed by atoms with van der Waals surface area (Å²) in [4.78, 5) is 46.0. The van der Waals surface area contributed by atoms with Crippen molar-refractivity contribution in [2.24, 2.45) is 0 Å². The van der Waals surface area contributed by atoms with Crippen LogP contribution in [0, 0.1) is 0 Å². The quantitative estimate of drug-likeness (QED) is 0.162. The maximum atomic E-state index is 13.7. The standard InChI is InChI=1S/C40H41N3O6/c1-3-47-40(46)38-29(2)43(37(44)27-35(38)31-15-10-18-33(26-31)48-32-16-8-5-9-17-32)28-34-19-20-36(49-34)39(45)42-24-22-41(23-25-42)21-11-14-30-12-6-4-7-13-30/h4-20,26,35H,3,21-25,27-28H2,1-2H3. The van der Waals surface area contributed by atoms with E-state index in [1.165, 1.54) is 5.56 Å². The molecule has 1 fully saturated rings. The van der Waals surface area contributed by atoms with Crippen LogP contribution in [-0.2, 0) is 20.9 Å². The lowest BCUT2D eigenvalue weighted by molar-refractivity contribution is -0.140. The number of amides is 2. The van der Waals surface area contributed by atoms with E-state index in [0.717, 1.165) is 25.2 Å². The Bertz CT molecular complexity index is 1820. The van der Waals surface area contributed by atoms with Crippen molar-refractivity contribution in [2.75, 3.05) is 39.3 Å². The maximum Gasteiger partial charge on any atom is 0.336 e. The Morgan fingerprint density at radius 2 is 1.59 bits per heavy atom. The van der Waals surface area contributed by atoms with E-state index in [4.69, 9.17) is 13.9 Å². The first-order chi connectivity index (χ1) is 23.9. The molecule has 9 heteroatoms. The number of esters is 1. The Balaban J connectivity index is 1.12. The maximum absolute atomic E-state index is 13.7. The molecule has 9 nitrogen and oxygen atoms in total. The fourth-order valence-electron chi connectivity index (χ4n) is 6.31. The van der Waals surface area contributed by atoms with E-state index >= 15 is 0 Å². The lowest BCUT2D eigenvalue weighted by Gasteiger charge is -2.34. The Morgan fingerprint density at radius 3 is 2.33 bits per heavy atom. The van der Waals surface area contributed by atoms with Crippen molar-refractivity contribution in [1.82, 2.24) is 14.7 Å². The number of nitrogens with zero attached hydrogens (tertiary/aromatic N) is 3. The summed E-state index contributed by atoms with van der Waals surface area (Å²) < 4.78 is 17.5. The first-order valence-electron chi connectivity index (χ1n) is 16.7. The van der Waals surface area contributed by atoms with Gasteiger partial charge in [0.1, 0.15) is 17.3 Å². The topological polar surface area (TPSA) is 92.5 Å². The summed E-state index contributed by atoms with van der Waals surface area (Å²) in [5.41, 5.74) is 2.86. The number of allylic oxidation sites excluding steroid dienone is 1. The van der Waals surface area contributed by atoms with E-state index < -0.39 is 11.9 Å². The molecule has 3 aromatic carbocycles. The Kier molecular flexibility index (Phi) is 10.7. The van der Waals surface area contributed by atoms with Crippen LogP contribution in [0.3, 0.4) is 0 Å². The molecule has 0 N–H and O–H groups in total. The second-order valence-electron chi connectivity index (χ2n) is 12.1. The second-order valence-corrected chi connectivity index (χ2v) is 12.1. The van der Waals surface area contributed by atoms with Crippen LogP contribution < -0.4 is 4.74 Å². The number of para-hydroxylation sites is 1. The van der Waals surface area contributed by atoms with Gasteiger partial charge in [-0.1, -0.05) is 72.8 Å². The van der Waals surface area contributed by atoms with E-state index in [1.807, 2.05) is 72.8 Å². The van der Waals surface area contributed by atoms with Crippen LogP contribution in [0.15, 0.2) is 119 Å². The molecule has 1 aromatic heterocycles. The third-order valence-corrected chi connectivity index (χ3v) is 8.88. The predicted octanol–water partition coefficient (Wildman–Crippen LogP) is 6.90. The molecular weight excluding hydrogens is 618 g/mol. The van der Waals surface area contributed by atoms with Crippen LogP contribution in [0.5, 0.6) is 11.5 Å². The summed E-state index contributed by atoms with van der Waals surface area (Å²) in [5.74, 6) is 0.671. The number of furan rings is 1. The lowest BCUT2D eigenvalue weighted by atomic mass is 9.83. The van der Waals surface area contributed by atoms with Gasteiger partial charge in [0, 0.05) is 50.8 Å². The highest BCUT2D eigenvalue weighted by atomic mass is 16.5. The zero-order valence-electron chi connectivity index (χ0n) is 27.9. The van der Waals surface area contributed by atoms with Gasteiger partial charge in [0.25, 0.3) is 5.91 Å². The largest absolute Gasteiger partial charge is 0.463 e. The molecule has 3 heterocycles. The van der Waals surface area contributed by atoms with E-state index in [0.29, 0.717) is 41.6 Å². The van der Waals surface area contributed by atoms with Gasteiger partial charge < -0.3 is 23.7 Å². The SMILES string of the molecule is CCOC(=O)C1=C(C)N(Cc2ccc(C(=O)N3CCN(CC=Cc4ccccc4)CC3)o2)C(=O)CC1c1cccc(Oc2ccccc2)c1. The van der Waals surface area contributed by atoms with E-state index in [-0.39, 0.29) is 37.1 Å². The molecule has 2 aliphatic rings. The highest BCUT2D eigenvalue weighted by molar-refractivity contribution is 5.96. The Labute approximate surface area is 287 Å². The van der Waals surface area contributed by atoms with Gasteiger partial charge in [0.15, 0.2) is 5.76 Å². The number of benzene rings is 3. The smallest absolute Gasteiger partial charge is 0.336 e. The summed E-state index contributed by atoms with van der Waals surface area (Å²) in [6, 6.07) is 30.4. The lowest BCUT2D eigenvalue weighted by Crippen LogP contribution is -2.48. The van der Waals surface area contributed by atoms with Gasteiger partial charge in [-0.25, -0.2) is 4.79 Å². The number of carbonyl (C=O) groups excluding carboxylic acids is 3. The minimum atomic E-state index is -0.511. The molecule has 0 radical (unpaired) electrons. The van der Waals surface area contributed by atoms with Crippen molar-refractivity contribution in [3.63, 3.8) is 0 Å². The molecule has 6 rings (SSSR count). The minimum Gasteiger partial charge on any atom is -0.463 e. The van der Waals surface area contributed by atoms with Crippen molar-refractivity contribution in [1.29, 1.82) is 0 Å². The summed E-state index contributed by atoms with van der Waals surface area (Å²) in [5, 5.41) is 0. The molecule has 0 aliphatic carbocycles. The normalized spacial score (nSPS) is 17.1. The highest BCUT2D eigenvalue weighted by Gasteiger charge is 2.37. The van der Waals surface area contributed by atoms with E-state index in [1.54, 1.807) is 35.8 Å². The van der Waals surface area contributed by atoms with Crippen LogP contribution in [0.4, 0.5) is 0 Å². The fourth-order valence-corrected chi connectivity index (χ4v) is 6.31. The predicted molar refractivity (Wildman–Crippen MR) is 187 cm³/mol. The van der Waals surface area contributed by atoms with Gasteiger partial charge in [-0.05, 0) is 61.4 Å². The van der Waals surface area contributed by atoms with Gasteiger partial charge in [-0.3, -0.25) is 14.5 Å². The third-order valence-electron chi connectivity index (χ3n) is 8.88. The van der Waals surface area contributed by atoms with E-state index in [9.17, 15) is 14.4 Å². The van der Waals surface area contributed by atoms with Crippen molar-refractivity contribution in [3.05, 3.63) is 137 Å². The zero-order chi connectivity index (χ0) is 34.2. The minimum absolute atomic E-state index is 0.0671. The highest BCUT2D eigenvalue weighted by Crippen LogP contribution is 2.39. The van der Waals surface area contributed by atoms with Crippen molar-refractivity contribution >= 4 is 23.9 Å². The molecule has 2 aliphatic heterocycles. The molecule has 252 valence electrons. The number of hydrogen-bond donors (Lipinski definition) is 0. The number of hydrogen-bond acceptors (Lipinski definition) is 7. The Morgan fingerprint density at radius 1 is 0.878 bits per heavy atom. The molecule has 4 aromatic rings. The number of ether oxygens (including phenoxy) is 2. The second kappa shape index (κ2) is 15.7. The summed E-state index contributed by atoms with van der Waals surface area (Å²) >= 11 is 0. The monoisotopic (exact) mass is 659 g/mol. The average molecular weight is 660 g/mol. The summed E-state index contributed by atoms with van der Waals surface area (Å²) in [6.45, 7) is 7.36.